The topological polar surface area (TPSA) is 64.4 Å². The molecule has 0 saturated heterocycles. The molecule has 1 amide bonds. The van der Waals surface area contributed by atoms with Crippen molar-refractivity contribution in [1.82, 2.24) is 0 Å². The normalized spacial score (nSPS) is 16.0. The van der Waals surface area contributed by atoms with Gasteiger partial charge in [-0.1, -0.05) is 55.3 Å². The van der Waals surface area contributed by atoms with Crippen molar-refractivity contribution in [2.45, 2.75) is 44.4 Å². The lowest BCUT2D eigenvalue weighted by Crippen LogP contribution is -2.48. The van der Waals surface area contributed by atoms with E-state index in [1.165, 1.54) is 0 Å². The molecule has 0 aromatic heterocycles. The summed E-state index contributed by atoms with van der Waals surface area (Å²) in [6.45, 7) is 1.14. The van der Waals surface area contributed by atoms with Gasteiger partial charge in [0.25, 0.3) is 0 Å². The molecule has 3 rings (SSSR count). The molecule has 1 fully saturated rings. The van der Waals surface area contributed by atoms with Crippen molar-refractivity contribution in [1.29, 1.82) is 0 Å². The maximum absolute atomic E-state index is 12.3. The van der Waals surface area contributed by atoms with Gasteiger partial charge in [0.2, 0.25) is 5.91 Å². The standard InChI is InChI=1S/C20H24N2O2/c21-20(12-4-5-13-20)19(23)22-18-10-8-17(9-11-18)15-24-14-16-6-2-1-3-7-16/h1-3,6-11H,4-5,12-15,21H2,(H,22,23). The number of rotatable bonds is 6. The largest absolute Gasteiger partial charge is 0.372 e. The third-order valence-electron chi connectivity index (χ3n) is 4.54. The monoisotopic (exact) mass is 324 g/mol. The molecule has 2 aromatic rings. The number of amides is 1. The maximum atomic E-state index is 12.3. The van der Waals surface area contributed by atoms with E-state index in [-0.39, 0.29) is 5.91 Å². The van der Waals surface area contributed by atoms with Crippen LogP contribution in [0.15, 0.2) is 54.6 Å². The fraction of sp³-hybridized carbons (Fsp3) is 0.350. The van der Waals surface area contributed by atoms with Crippen molar-refractivity contribution in [3.05, 3.63) is 65.7 Å². The van der Waals surface area contributed by atoms with Gasteiger partial charge >= 0.3 is 0 Å². The van der Waals surface area contributed by atoms with Gasteiger partial charge in [-0.25, -0.2) is 0 Å². The van der Waals surface area contributed by atoms with Crippen LogP contribution in [0.25, 0.3) is 0 Å². The highest BCUT2D eigenvalue weighted by Gasteiger charge is 2.36. The van der Waals surface area contributed by atoms with Gasteiger partial charge in [0.05, 0.1) is 18.8 Å². The Morgan fingerprint density at radius 1 is 0.958 bits per heavy atom. The van der Waals surface area contributed by atoms with Crippen molar-refractivity contribution in [3.63, 3.8) is 0 Å². The number of hydrogen-bond donors (Lipinski definition) is 2. The van der Waals surface area contributed by atoms with Gasteiger partial charge in [-0.3, -0.25) is 4.79 Å². The van der Waals surface area contributed by atoms with Gasteiger partial charge in [-0.05, 0) is 36.1 Å². The van der Waals surface area contributed by atoms with E-state index in [0.29, 0.717) is 13.2 Å². The molecule has 0 heterocycles. The third kappa shape index (κ3) is 4.22. The summed E-state index contributed by atoms with van der Waals surface area (Å²) in [5.41, 5.74) is 8.49. The first kappa shape index (κ1) is 16.7. The summed E-state index contributed by atoms with van der Waals surface area (Å²) in [6, 6.07) is 17.8. The summed E-state index contributed by atoms with van der Waals surface area (Å²) in [7, 11) is 0. The molecule has 0 unspecified atom stereocenters. The van der Waals surface area contributed by atoms with E-state index in [1.54, 1.807) is 0 Å². The first-order valence-corrected chi connectivity index (χ1v) is 8.47. The molecule has 126 valence electrons. The highest BCUT2D eigenvalue weighted by atomic mass is 16.5. The van der Waals surface area contributed by atoms with Gasteiger partial charge in [-0.2, -0.15) is 0 Å². The number of nitrogens with one attached hydrogen (secondary N) is 1. The Morgan fingerprint density at radius 2 is 1.54 bits per heavy atom. The molecule has 1 aliphatic rings. The Bertz CT molecular complexity index is 662. The number of anilines is 1. The van der Waals surface area contributed by atoms with Crippen LogP contribution in [0.1, 0.15) is 36.8 Å². The van der Waals surface area contributed by atoms with Crippen LogP contribution in [-0.2, 0) is 22.7 Å². The summed E-state index contributed by atoms with van der Waals surface area (Å²) in [5.74, 6) is -0.0759. The SMILES string of the molecule is NC1(C(=O)Nc2ccc(COCc3ccccc3)cc2)CCCC1. The summed E-state index contributed by atoms with van der Waals surface area (Å²) >= 11 is 0. The van der Waals surface area contributed by atoms with Crippen LogP contribution < -0.4 is 11.1 Å². The van der Waals surface area contributed by atoms with E-state index in [9.17, 15) is 4.79 Å². The number of benzene rings is 2. The Balaban J connectivity index is 1.49. The summed E-state index contributed by atoms with van der Waals surface area (Å²) in [5, 5.41) is 2.93. The van der Waals surface area contributed by atoms with E-state index in [4.69, 9.17) is 10.5 Å². The Labute approximate surface area is 143 Å². The molecule has 1 saturated carbocycles. The van der Waals surface area contributed by atoms with Crippen molar-refractivity contribution < 1.29 is 9.53 Å². The summed E-state index contributed by atoms with van der Waals surface area (Å²) < 4.78 is 5.72. The fourth-order valence-corrected chi connectivity index (χ4v) is 3.03. The van der Waals surface area contributed by atoms with E-state index in [0.717, 1.165) is 42.5 Å². The first-order valence-electron chi connectivity index (χ1n) is 8.47. The molecule has 2 aromatic carbocycles. The molecular formula is C20H24N2O2. The van der Waals surface area contributed by atoms with E-state index < -0.39 is 5.54 Å². The highest BCUT2D eigenvalue weighted by molar-refractivity contribution is 5.98. The zero-order valence-corrected chi connectivity index (χ0v) is 13.8. The molecule has 0 aliphatic heterocycles. The van der Waals surface area contributed by atoms with Gasteiger partial charge < -0.3 is 15.8 Å². The lowest BCUT2D eigenvalue weighted by molar-refractivity contribution is -0.121. The van der Waals surface area contributed by atoms with E-state index in [2.05, 4.69) is 5.32 Å². The summed E-state index contributed by atoms with van der Waals surface area (Å²) in [4.78, 5) is 12.3. The third-order valence-corrected chi connectivity index (χ3v) is 4.54. The summed E-state index contributed by atoms with van der Waals surface area (Å²) in [6.07, 6.45) is 3.59. The fourth-order valence-electron chi connectivity index (χ4n) is 3.03. The second-order valence-corrected chi connectivity index (χ2v) is 6.49. The molecule has 4 heteroatoms. The van der Waals surface area contributed by atoms with Gasteiger partial charge in [-0.15, -0.1) is 0 Å². The average molecular weight is 324 g/mol. The second kappa shape index (κ2) is 7.60. The van der Waals surface area contributed by atoms with Crippen molar-refractivity contribution in [3.8, 4) is 0 Å². The Hall–Kier alpha value is -2.17. The number of nitrogens with two attached hydrogens (primary N) is 1. The molecule has 3 N–H and O–H groups in total. The second-order valence-electron chi connectivity index (χ2n) is 6.49. The zero-order chi connectivity index (χ0) is 16.8. The number of hydrogen-bond acceptors (Lipinski definition) is 3. The number of carbonyl (C=O) groups excluding carboxylic acids is 1. The van der Waals surface area contributed by atoms with Crippen LogP contribution >= 0.6 is 0 Å². The molecule has 0 radical (unpaired) electrons. The average Bonchev–Trinajstić information content (AvgIpc) is 3.05. The predicted molar refractivity (Wildman–Crippen MR) is 95.4 cm³/mol. The molecule has 0 bridgehead atoms. The highest BCUT2D eigenvalue weighted by Crippen LogP contribution is 2.28. The minimum atomic E-state index is -0.697. The van der Waals surface area contributed by atoms with Crippen molar-refractivity contribution in [2.24, 2.45) is 5.73 Å². The van der Waals surface area contributed by atoms with Gasteiger partial charge in [0.15, 0.2) is 0 Å². The van der Waals surface area contributed by atoms with E-state index >= 15 is 0 Å². The van der Waals surface area contributed by atoms with Crippen LogP contribution in [-0.4, -0.2) is 11.4 Å². The van der Waals surface area contributed by atoms with Crippen molar-refractivity contribution in [2.75, 3.05) is 5.32 Å². The lowest BCUT2D eigenvalue weighted by atomic mass is 9.98. The number of ether oxygens (including phenoxy) is 1. The smallest absolute Gasteiger partial charge is 0.244 e. The number of carbonyl (C=O) groups is 1. The minimum Gasteiger partial charge on any atom is -0.372 e. The van der Waals surface area contributed by atoms with Crippen LogP contribution in [0.5, 0.6) is 0 Å². The van der Waals surface area contributed by atoms with Gasteiger partial charge in [0, 0.05) is 5.69 Å². The molecule has 1 aliphatic carbocycles. The molecule has 0 atom stereocenters. The Kier molecular flexibility index (Phi) is 5.28. The maximum Gasteiger partial charge on any atom is 0.244 e. The molecule has 4 nitrogen and oxygen atoms in total. The zero-order valence-electron chi connectivity index (χ0n) is 13.8. The van der Waals surface area contributed by atoms with Crippen LogP contribution in [0.4, 0.5) is 5.69 Å². The predicted octanol–water partition coefficient (Wildman–Crippen LogP) is 3.61. The quantitative estimate of drug-likeness (QED) is 0.853. The molecular weight excluding hydrogens is 300 g/mol. The first-order chi connectivity index (χ1) is 11.7. The van der Waals surface area contributed by atoms with Crippen LogP contribution in [0, 0.1) is 0 Å². The lowest BCUT2D eigenvalue weighted by Gasteiger charge is -2.22. The van der Waals surface area contributed by atoms with Crippen LogP contribution in [0.2, 0.25) is 0 Å². The minimum absolute atomic E-state index is 0.0759. The molecule has 0 spiro atoms. The van der Waals surface area contributed by atoms with Crippen LogP contribution in [0.3, 0.4) is 0 Å². The van der Waals surface area contributed by atoms with E-state index in [1.807, 2.05) is 54.6 Å². The Morgan fingerprint density at radius 3 is 2.17 bits per heavy atom. The molecule has 24 heavy (non-hydrogen) atoms. The van der Waals surface area contributed by atoms with Gasteiger partial charge in [0.1, 0.15) is 0 Å². The van der Waals surface area contributed by atoms with Crippen molar-refractivity contribution >= 4 is 11.6 Å².